The van der Waals surface area contributed by atoms with Crippen molar-refractivity contribution in [2.24, 2.45) is 0 Å². The molecule has 0 bridgehead atoms. The molecule has 0 spiro atoms. The molecule has 0 unspecified atom stereocenters. The highest BCUT2D eigenvalue weighted by atomic mass is 32.2. The second-order valence-electron chi connectivity index (χ2n) is 5.18. The van der Waals surface area contributed by atoms with Crippen molar-refractivity contribution in [3.05, 3.63) is 60.3 Å². The van der Waals surface area contributed by atoms with E-state index in [2.05, 4.69) is 0 Å². The van der Waals surface area contributed by atoms with Crippen LogP contribution in [0.25, 0.3) is 10.9 Å². The third-order valence-corrected chi connectivity index (χ3v) is 5.53. The summed E-state index contributed by atoms with van der Waals surface area (Å²) in [6, 6.07) is 13.9. The quantitative estimate of drug-likeness (QED) is 0.707. The van der Waals surface area contributed by atoms with E-state index >= 15 is 0 Å². The van der Waals surface area contributed by atoms with Crippen LogP contribution in [0.4, 0.5) is 5.69 Å². The van der Waals surface area contributed by atoms with Crippen molar-refractivity contribution in [3.8, 4) is 0 Å². The maximum atomic E-state index is 12.7. The van der Waals surface area contributed by atoms with Crippen molar-refractivity contribution in [1.29, 1.82) is 0 Å². The first-order valence-electron chi connectivity index (χ1n) is 6.94. The van der Waals surface area contributed by atoms with E-state index in [1.54, 1.807) is 30.3 Å². The molecule has 1 aromatic heterocycles. The van der Waals surface area contributed by atoms with E-state index in [9.17, 15) is 18.4 Å². The molecule has 7 nitrogen and oxygen atoms in total. The summed E-state index contributed by atoms with van der Waals surface area (Å²) in [6.45, 7) is 0. The SMILES string of the molecule is CN(c1ccccc1)S(=O)(=O)c1ccc2cc(C(=O)O)n(O)c2c1. The predicted octanol–water partition coefficient (Wildman–Crippen LogP) is 2.40. The van der Waals surface area contributed by atoms with Crippen molar-refractivity contribution in [1.82, 2.24) is 4.73 Å². The Bertz CT molecular complexity index is 1030. The number of hydrogen-bond acceptors (Lipinski definition) is 4. The summed E-state index contributed by atoms with van der Waals surface area (Å²) < 4.78 is 27.1. The lowest BCUT2D eigenvalue weighted by Gasteiger charge is -2.19. The molecular weight excluding hydrogens is 332 g/mol. The predicted molar refractivity (Wildman–Crippen MR) is 88.1 cm³/mol. The molecule has 124 valence electrons. The Morgan fingerprint density at radius 1 is 1.08 bits per heavy atom. The lowest BCUT2D eigenvalue weighted by Crippen LogP contribution is -2.26. The van der Waals surface area contributed by atoms with Crippen LogP contribution in [0.1, 0.15) is 10.5 Å². The molecule has 0 saturated heterocycles. The zero-order chi connectivity index (χ0) is 17.5. The number of carboxylic acids is 1. The lowest BCUT2D eigenvalue weighted by molar-refractivity contribution is 0.0649. The fourth-order valence-electron chi connectivity index (χ4n) is 2.41. The maximum absolute atomic E-state index is 12.7. The smallest absolute Gasteiger partial charge is 0.356 e. The number of carboxylic acid groups (broad SMARTS) is 1. The van der Waals surface area contributed by atoms with Gasteiger partial charge in [-0.15, -0.1) is 0 Å². The fraction of sp³-hybridized carbons (Fsp3) is 0.0625. The molecule has 8 heteroatoms. The Balaban J connectivity index is 2.11. The number of carbonyl (C=O) groups is 1. The number of benzene rings is 2. The second-order valence-corrected chi connectivity index (χ2v) is 7.14. The highest BCUT2D eigenvalue weighted by Crippen LogP contribution is 2.26. The van der Waals surface area contributed by atoms with Gasteiger partial charge in [-0.1, -0.05) is 24.3 Å². The molecule has 0 aliphatic heterocycles. The van der Waals surface area contributed by atoms with Crippen LogP contribution in [0, 0.1) is 0 Å². The van der Waals surface area contributed by atoms with Crippen LogP contribution in [0.3, 0.4) is 0 Å². The minimum atomic E-state index is -3.85. The van der Waals surface area contributed by atoms with Crippen molar-refractivity contribution >= 4 is 32.6 Å². The highest BCUT2D eigenvalue weighted by molar-refractivity contribution is 7.92. The van der Waals surface area contributed by atoms with E-state index in [0.717, 1.165) is 4.31 Å². The number of fused-ring (bicyclic) bond motifs is 1. The topological polar surface area (TPSA) is 99.8 Å². The molecule has 0 aliphatic rings. The van der Waals surface area contributed by atoms with Gasteiger partial charge in [-0.2, -0.15) is 4.73 Å². The monoisotopic (exact) mass is 346 g/mol. The Labute approximate surface area is 138 Å². The molecule has 2 N–H and O–H groups in total. The standard InChI is InChI=1S/C16H14N2O5S/c1-17(12-5-3-2-4-6-12)24(22,23)13-8-7-11-9-15(16(19)20)18(21)14(11)10-13/h2-10,21H,1H3,(H,19,20). The van der Waals surface area contributed by atoms with E-state index in [-0.39, 0.29) is 16.1 Å². The number of aromatic carboxylic acids is 1. The van der Waals surface area contributed by atoms with E-state index in [4.69, 9.17) is 5.11 Å². The van der Waals surface area contributed by atoms with Gasteiger partial charge in [0.15, 0.2) is 5.69 Å². The van der Waals surface area contributed by atoms with Crippen LogP contribution in [0.5, 0.6) is 0 Å². The summed E-state index contributed by atoms with van der Waals surface area (Å²) in [4.78, 5) is 11.0. The van der Waals surface area contributed by atoms with Crippen molar-refractivity contribution in [2.75, 3.05) is 11.4 Å². The molecule has 0 radical (unpaired) electrons. The molecule has 3 aromatic rings. The van der Waals surface area contributed by atoms with E-state index < -0.39 is 16.0 Å². The van der Waals surface area contributed by atoms with Gasteiger partial charge >= 0.3 is 5.97 Å². The number of hydrogen-bond donors (Lipinski definition) is 2. The van der Waals surface area contributed by atoms with Gasteiger partial charge in [0.05, 0.1) is 16.1 Å². The first-order chi connectivity index (χ1) is 11.3. The van der Waals surface area contributed by atoms with Gasteiger partial charge in [-0.05, 0) is 30.3 Å². The highest BCUT2D eigenvalue weighted by Gasteiger charge is 2.23. The first-order valence-corrected chi connectivity index (χ1v) is 8.38. The third-order valence-electron chi connectivity index (χ3n) is 3.75. The van der Waals surface area contributed by atoms with Gasteiger partial charge in [0.1, 0.15) is 0 Å². The van der Waals surface area contributed by atoms with E-state index in [1.165, 1.54) is 31.3 Å². The molecule has 0 saturated carbocycles. The minimum absolute atomic E-state index is 0.0494. The number of rotatable bonds is 4. The summed E-state index contributed by atoms with van der Waals surface area (Å²) in [5.74, 6) is -1.31. The van der Waals surface area contributed by atoms with Crippen LogP contribution >= 0.6 is 0 Å². The third kappa shape index (κ3) is 2.46. The first kappa shape index (κ1) is 15.9. The number of anilines is 1. The van der Waals surface area contributed by atoms with Gasteiger partial charge in [0.2, 0.25) is 0 Å². The van der Waals surface area contributed by atoms with Crippen molar-refractivity contribution in [2.45, 2.75) is 4.90 Å². The molecule has 0 fully saturated rings. The largest absolute Gasteiger partial charge is 0.476 e. The van der Waals surface area contributed by atoms with E-state index in [0.29, 0.717) is 15.8 Å². The van der Waals surface area contributed by atoms with Crippen LogP contribution in [-0.2, 0) is 10.0 Å². The van der Waals surface area contributed by atoms with Crippen LogP contribution in [-0.4, -0.2) is 36.5 Å². The Kier molecular flexibility index (Phi) is 3.69. The summed E-state index contributed by atoms with van der Waals surface area (Å²) in [7, 11) is -2.42. The van der Waals surface area contributed by atoms with Gasteiger partial charge in [0, 0.05) is 12.4 Å². The summed E-state index contributed by atoms with van der Waals surface area (Å²) in [5.41, 5.74) is 0.258. The normalized spacial score (nSPS) is 11.5. The molecule has 1 heterocycles. The van der Waals surface area contributed by atoms with Gasteiger partial charge in [-0.3, -0.25) is 4.31 Å². The lowest BCUT2D eigenvalue weighted by atomic mass is 10.2. The molecule has 0 aliphatic carbocycles. The molecule has 24 heavy (non-hydrogen) atoms. The number of para-hydroxylation sites is 1. The van der Waals surface area contributed by atoms with Gasteiger partial charge < -0.3 is 10.3 Å². The zero-order valence-electron chi connectivity index (χ0n) is 12.6. The summed E-state index contributed by atoms with van der Waals surface area (Å²) >= 11 is 0. The van der Waals surface area contributed by atoms with Crippen LogP contribution < -0.4 is 4.31 Å². The molecule has 0 amide bonds. The van der Waals surface area contributed by atoms with Gasteiger partial charge in [0.25, 0.3) is 10.0 Å². The minimum Gasteiger partial charge on any atom is -0.476 e. The Morgan fingerprint density at radius 3 is 2.38 bits per heavy atom. The number of nitrogens with zero attached hydrogens (tertiary/aromatic N) is 2. The van der Waals surface area contributed by atoms with Crippen LogP contribution in [0.2, 0.25) is 0 Å². The van der Waals surface area contributed by atoms with Gasteiger partial charge in [-0.25, -0.2) is 13.2 Å². The molecule has 3 rings (SSSR count). The average molecular weight is 346 g/mol. The Hall–Kier alpha value is -3.00. The molecule has 2 aromatic carbocycles. The Morgan fingerprint density at radius 2 is 1.75 bits per heavy atom. The number of aromatic nitrogens is 1. The van der Waals surface area contributed by atoms with E-state index in [1.807, 2.05) is 0 Å². The molecule has 0 atom stereocenters. The summed E-state index contributed by atoms with van der Waals surface area (Å²) in [6.07, 6.45) is 0. The fourth-order valence-corrected chi connectivity index (χ4v) is 3.63. The average Bonchev–Trinajstić information content (AvgIpc) is 2.91. The van der Waals surface area contributed by atoms with Crippen molar-refractivity contribution in [3.63, 3.8) is 0 Å². The number of sulfonamides is 1. The second kappa shape index (κ2) is 5.57. The van der Waals surface area contributed by atoms with Crippen molar-refractivity contribution < 1.29 is 23.5 Å². The maximum Gasteiger partial charge on any atom is 0.356 e. The van der Waals surface area contributed by atoms with Crippen LogP contribution in [0.15, 0.2) is 59.5 Å². The summed E-state index contributed by atoms with van der Waals surface area (Å²) in [5, 5.41) is 19.4. The zero-order valence-corrected chi connectivity index (χ0v) is 13.4. The molecular formula is C16H14N2O5S.